The topological polar surface area (TPSA) is 49.3 Å². The third kappa shape index (κ3) is 2.39. The summed E-state index contributed by atoms with van der Waals surface area (Å²) in [4.78, 5) is 11.2. The summed E-state index contributed by atoms with van der Waals surface area (Å²) in [6.07, 6.45) is 2.52. The fourth-order valence-electron chi connectivity index (χ4n) is 2.12. The number of hydrogen-bond acceptors (Lipinski definition) is 2. The number of halogens is 1. The molecule has 0 aromatic heterocycles. The SMILES string of the molecule is Cc1ccc(Cl)cc1NCC1(C(=O)O)CCC1. The van der Waals surface area contributed by atoms with Crippen LogP contribution in [0.15, 0.2) is 18.2 Å². The van der Waals surface area contributed by atoms with Crippen molar-refractivity contribution in [3.63, 3.8) is 0 Å². The van der Waals surface area contributed by atoms with Gasteiger partial charge in [-0.1, -0.05) is 24.1 Å². The zero-order valence-corrected chi connectivity index (χ0v) is 10.5. The van der Waals surface area contributed by atoms with Crippen LogP contribution in [0.25, 0.3) is 0 Å². The molecule has 2 N–H and O–H groups in total. The molecule has 0 heterocycles. The zero-order valence-electron chi connectivity index (χ0n) is 9.79. The van der Waals surface area contributed by atoms with Gasteiger partial charge in [0.1, 0.15) is 0 Å². The van der Waals surface area contributed by atoms with Crippen molar-refractivity contribution >= 4 is 23.3 Å². The summed E-state index contributed by atoms with van der Waals surface area (Å²) in [6, 6.07) is 5.60. The fourth-order valence-corrected chi connectivity index (χ4v) is 2.29. The molecule has 2 rings (SSSR count). The molecule has 0 unspecified atom stereocenters. The molecule has 0 spiro atoms. The van der Waals surface area contributed by atoms with E-state index in [1.807, 2.05) is 25.1 Å². The maximum absolute atomic E-state index is 11.2. The highest BCUT2D eigenvalue weighted by Crippen LogP contribution is 2.41. The molecule has 0 bridgehead atoms. The number of nitrogens with one attached hydrogen (secondary N) is 1. The van der Waals surface area contributed by atoms with Crippen LogP contribution in [0.4, 0.5) is 5.69 Å². The van der Waals surface area contributed by atoms with Crippen LogP contribution in [0, 0.1) is 12.3 Å². The minimum atomic E-state index is -0.698. The molecule has 0 radical (unpaired) electrons. The van der Waals surface area contributed by atoms with E-state index in [1.165, 1.54) is 0 Å². The van der Waals surface area contributed by atoms with E-state index in [4.69, 9.17) is 11.6 Å². The third-order valence-electron chi connectivity index (χ3n) is 3.58. The van der Waals surface area contributed by atoms with Gasteiger partial charge in [-0.2, -0.15) is 0 Å². The van der Waals surface area contributed by atoms with Gasteiger partial charge in [-0.15, -0.1) is 0 Å². The van der Waals surface area contributed by atoms with E-state index >= 15 is 0 Å². The molecule has 92 valence electrons. The number of benzene rings is 1. The molecular weight excluding hydrogens is 238 g/mol. The first-order chi connectivity index (χ1) is 8.03. The smallest absolute Gasteiger partial charge is 0.311 e. The van der Waals surface area contributed by atoms with E-state index in [0.29, 0.717) is 11.6 Å². The summed E-state index contributed by atoms with van der Waals surface area (Å²) < 4.78 is 0. The molecule has 1 aromatic rings. The van der Waals surface area contributed by atoms with Gasteiger partial charge in [0.25, 0.3) is 0 Å². The van der Waals surface area contributed by atoms with Crippen molar-refractivity contribution in [1.82, 2.24) is 0 Å². The second-order valence-electron chi connectivity index (χ2n) is 4.75. The molecule has 0 amide bonds. The highest BCUT2D eigenvalue weighted by molar-refractivity contribution is 6.30. The van der Waals surface area contributed by atoms with Gasteiger partial charge in [-0.25, -0.2) is 0 Å². The summed E-state index contributed by atoms with van der Waals surface area (Å²) in [5.74, 6) is -0.698. The van der Waals surface area contributed by atoms with E-state index in [2.05, 4.69) is 5.32 Å². The van der Waals surface area contributed by atoms with Gasteiger partial charge in [-0.05, 0) is 37.5 Å². The Labute approximate surface area is 106 Å². The molecule has 1 fully saturated rings. The van der Waals surface area contributed by atoms with Gasteiger partial charge < -0.3 is 10.4 Å². The number of rotatable bonds is 4. The lowest BCUT2D eigenvalue weighted by Crippen LogP contribution is -2.43. The molecule has 1 aliphatic rings. The average Bonchev–Trinajstić information content (AvgIpc) is 2.21. The van der Waals surface area contributed by atoms with Gasteiger partial charge >= 0.3 is 5.97 Å². The largest absolute Gasteiger partial charge is 0.481 e. The van der Waals surface area contributed by atoms with Crippen LogP contribution in [0.5, 0.6) is 0 Å². The predicted octanol–water partition coefficient (Wildman–Crippen LogP) is 3.32. The lowest BCUT2D eigenvalue weighted by molar-refractivity contribution is -0.153. The van der Waals surface area contributed by atoms with E-state index in [9.17, 15) is 9.90 Å². The molecule has 1 aromatic carbocycles. The minimum Gasteiger partial charge on any atom is -0.481 e. The first-order valence-electron chi connectivity index (χ1n) is 5.77. The molecule has 1 aliphatic carbocycles. The Bertz CT molecular complexity index is 441. The van der Waals surface area contributed by atoms with Crippen molar-refractivity contribution < 1.29 is 9.90 Å². The van der Waals surface area contributed by atoms with Crippen LogP contribution in [-0.2, 0) is 4.79 Å². The Hall–Kier alpha value is -1.22. The summed E-state index contributed by atoms with van der Waals surface area (Å²) in [5.41, 5.74) is 1.42. The number of anilines is 1. The van der Waals surface area contributed by atoms with E-state index in [1.54, 1.807) is 0 Å². The molecule has 0 aliphatic heterocycles. The molecule has 0 atom stereocenters. The molecule has 1 saturated carbocycles. The molecule has 17 heavy (non-hydrogen) atoms. The second-order valence-corrected chi connectivity index (χ2v) is 5.19. The average molecular weight is 254 g/mol. The lowest BCUT2D eigenvalue weighted by atomic mass is 9.69. The third-order valence-corrected chi connectivity index (χ3v) is 3.82. The maximum atomic E-state index is 11.2. The Morgan fingerprint density at radius 2 is 2.24 bits per heavy atom. The van der Waals surface area contributed by atoms with Crippen molar-refractivity contribution in [2.24, 2.45) is 5.41 Å². The first-order valence-corrected chi connectivity index (χ1v) is 6.15. The van der Waals surface area contributed by atoms with Crippen LogP contribution in [0.1, 0.15) is 24.8 Å². The lowest BCUT2D eigenvalue weighted by Gasteiger charge is -2.38. The summed E-state index contributed by atoms with van der Waals surface area (Å²) in [7, 11) is 0. The highest BCUT2D eigenvalue weighted by atomic mass is 35.5. The number of carboxylic acids is 1. The standard InChI is InChI=1S/C13H16ClNO2/c1-9-3-4-10(14)7-11(9)15-8-13(12(16)17)5-2-6-13/h3-4,7,15H,2,5-6,8H2,1H3,(H,16,17). The molecule has 3 nitrogen and oxygen atoms in total. The van der Waals surface area contributed by atoms with Crippen LogP contribution >= 0.6 is 11.6 Å². The van der Waals surface area contributed by atoms with Crippen molar-refractivity contribution in [2.45, 2.75) is 26.2 Å². The predicted molar refractivity (Wildman–Crippen MR) is 68.6 cm³/mol. The maximum Gasteiger partial charge on any atom is 0.311 e. The van der Waals surface area contributed by atoms with Gasteiger partial charge in [-0.3, -0.25) is 4.79 Å². The Morgan fingerprint density at radius 3 is 2.76 bits per heavy atom. The van der Waals surface area contributed by atoms with Crippen molar-refractivity contribution in [3.8, 4) is 0 Å². The van der Waals surface area contributed by atoms with E-state index in [0.717, 1.165) is 30.5 Å². The van der Waals surface area contributed by atoms with Gasteiger partial charge in [0.2, 0.25) is 0 Å². The number of carbonyl (C=O) groups is 1. The van der Waals surface area contributed by atoms with E-state index < -0.39 is 11.4 Å². The number of hydrogen-bond donors (Lipinski definition) is 2. The van der Waals surface area contributed by atoms with Gasteiger partial charge in [0.15, 0.2) is 0 Å². The quantitative estimate of drug-likeness (QED) is 0.866. The fraction of sp³-hybridized carbons (Fsp3) is 0.462. The number of aryl methyl sites for hydroxylation is 1. The second kappa shape index (κ2) is 4.57. The molecule has 0 saturated heterocycles. The van der Waals surface area contributed by atoms with E-state index in [-0.39, 0.29) is 0 Å². The van der Waals surface area contributed by atoms with Gasteiger partial charge in [0, 0.05) is 17.3 Å². The first kappa shape index (κ1) is 12.2. The minimum absolute atomic E-state index is 0.476. The Morgan fingerprint density at radius 1 is 1.53 bits per heavy atom. The Kier molecular flexibility index (Phi) is 3.29. The van der Waals surface area contributed by atoms with Crippen LogP contribution in [-0.4, -0.2) is 17.6 Å². The highest BCUT2D eigenvalue weighted by Gasteiger charge is 2.44. The van der Waals surface area contributed by atoms with Crippen molar-refractivity contribution in [2.75, 3.05) is 11.9 Å². The molecular formula is C13H16ClNO2. The summed E-state index contributed by atoms with van der Waals surface area (Å²) in [6.45, 7) is 2.45. The summed E-state index contributed by atoms with van der Waals surface area (Å²) in [5, 5.41) is 13.1. The Balaban J connectivity index is 2.07. The monoisotopic (exact) mass is 253 g/mol. The summed E-state index contributed by atoms with van der Waals surface area (Å²) >= 11 is 5.92. The van der Waals surface area contributed by atoms with Crippen LogP contribution in [0.3, 0.4) is 0 Å². The van der Waals surface area contributed by atoms with Gasteiger partial charge in [0.05, 0.1) is 5.41 Å². The zero-order chi connectivity index (χ0) is 12.5. The van der Waals surface area contributed by atoms with Crippen LogP contribution in [0.2, 0.25) is 5.02 Å². The van der Waals surface area contributed by atoms with Crippen molar-refractivity contribution in [1.29, 1.82) is 0 Å². The van der Waals surface area contributed by atoms with Crippen LogP contribution < -0.4 is 5.32 Å². The normalized spacial score (nSPS) is 17.3. The number of carboxylic acid groups (broad SMARTS) is 1. The van der Waals surface area contributed by atoms with Crippen molar-refractivity contribution in [3.05, 3.63) is 28.8 Å². The molecule has 4 heteroatoms. The number of aliphatic carboxylic acids is 1.